The van der Waals surface area contributed by atoms with E-state index in [-0.39, 0.29) is 11.1 Å². The van der Waals surface area contributed by atoms with Crippen molar-refractivity contribution in [2.24, 2.45) is 0 Å². The van der Waals surface area contributed by atoms with Crippen LogP contribution in [0.25, 0.3) is 0 Å². The Morgan fingerprint density at radius 2 is 1.73 bits per heavy atom. The summed E-state index contributed by atoms with van der Waals surface area (Å²) in [6.07, 6.45) is 2.53. The van der Waals surface area contributed by atoms with Gasteiger partial charge in [-0.2, -0.15) is 0 Å². The van der Waals surface area contributed by atoms with Crippen LogP contribution in [0, 0.1) is 0 Å². The minimum Gasteiger partial charge on any atom is -0.417 e. The maximum atomic E-state index is 9.58. The minimum atomic E-state index is -1.61. The number of rotatable bonds is 6. The maximum absolute atomic E-state index is 9.58. The van der Waals surface area contributed by atoms with E-state index in [1.807, 2.05) is 0 Å². The van der Waals surface area contributed by atoms with Crippen LogP contribution in [0.15, 0.2) is 0 Å². The molecule has 1 atom stereocenters. The highest BCUT2D eigenvalue weighted by atomic mass is 28.4. The Kier molecular flexibility index (Phi) is 6.07. The van der Waals surface area contributed by atoms with Crippen molar-refractivity contribution >= 4 is 8.32 Å². The molecule has 0 fully saturated rings. The molecule has 0 aromatic rings. The average Bonchev–Trinajstić information content (AvgIpc) is 2.01. The zero-order valence-electron chi connectivity index (χ0n) is 11.3. The smallest absolute Gasteiger partial charge is 0.191 e. The Morgan fingerprint density at radius 1 is 1.20 bits per heavy atom. The molecule has 0 aliphatic carbocycles. The third-order valence-electron chi connectivity index (χ3n) is 3.34. The van der Waals surface area contributed by atoms with Gasteiger partial charge < -0.3 is 9.53 Å². The number of hydrogen-bond acceptors (Lipinski definition) is 2. The van der Waals surface area contributed by atoms with Crippen molar-refractivity contribution in [1.82, 2.24) is 0 Å². The fourth-order valence-corrected chi connectivity index (χ4v) is 2.21. The van der Waals surface area contributed by atoms with Crippen LogP contribution >= 0.6 is 0 Å². The zero-order chi connectivity index (χ0) is 12.1. The van der Waals surface area contributed by atoms with Crippen molar-refractivity contribution in [3.63, 3.8) is 0 Å². The monoisotopic (exact) mass is 232 g/mol. The SMILES string of the molecule is CCC[C@H](O)CCO[Si](C)(C)C(C)(C)C. The first kappa shape index (κ1) is 15.1. The van der Waals surface area contributed by atoms with Crippen LogP contribution in [-0.2, 0) is 4.43 Å². The Morgan fingerprint density at radius 3 is 2.13 bits per heavy atom. The van der Waals surface area contributed by atoms with Gasteiger partial charge in [-0.1, -0.05) is 34.1 Å². The van der Waals surface area contributed by atoms with Gasteiger partial charge in [0.1, 0.15) is 0 Å². The van der Waals surface area contributed by atoms with Gasteiger partial charge in [-0.15, -0.1) is 0 Å². The lowest BCUT2D eigenvalue weighted by molar-refractivity contribution is 0.126. The highest BCUT2D eigenvalue weighted by molar-refractivity contribution is 6.74. The molecule has 0 saturated heterocycles. The molecule has 0 aliphatic rings. The highest BCUT2D eigenvalue weighted by Gasteiger charge is 2.36. The number of aliphatic hydroxyl groups is 1. The summed E-state index contributed by atoms with van der Waals surface area (Å²) < 4.78 is 5.99. The zero-order valence-corrected chi connectivity index (χ0v) is 12.3. The van der Waals surface area contributed by atoms with E-state index in [1.54, 1.807) is 0 Å². The summed E-state index contributed by atoms with van der Waals surface area (Å²) in [5.41, 5.74) is 0. The molecule has 1 N–H and O–H groups in total. The van der Waals surface area contributed by atoms with Crippen molar-refractivity contribution in [3.8, 4) is 0 Å². The molecule has 0 aliphatic heterocycles. The van der Waals surface area contributed by atoms with Gasteiger partial charge in [-0.05, 0) is 31.0 Å². The number of hydrogen-bond donors (Lipinski definition) is 1. The molecule has 0 aromatic heterocycles. The molecule has 15 heavy (non-hydrogen) atoms. The van der Waals surface area contributed by atoms with Crippen molar-refractivity contribution < 1.29 is 9.53 Å². The van der Waals surface area contributed by atoms with E-state index in [1.165, 1.54) is 0 Å². The summed E-state index contributed by atoms with van der Waals surface area (Å²) in [4.78, 5) is 0. The molecule has 0 rings (SSSR count). The lowest BCUT2D eigenvalue weighted by atomic mass is 10.2. The van der Waals surface area contributed by atoms with E-state index < -0.39 is 8.32 Å². The summed E-state index contributed by atoms with van der Waals surface area (Å²) in [7, 11) is -1.61. The van der Waals surface area contributed by atoms with Crippen molar-refractivity contribution in [3.05, 3.63) is 0 Å². The van der Waals surface area contributed by atoms with E-state index in [4.69, 9.17) is 4.43 Å². The Bertz CT molecular complexity index is 173. The molecule has 0 aromatic carbocycles. The van der Waals surface area contributed by atoms with Gasteiger partial charge >= 0.3 is 0 Å². The normalized spacial score (nSPS) is 15.4. The minimum absolute atomic E-state index is 0.181. The van der Waals surface area contributed by atoms with Crippen LogP contribution < -0.4 is 0 Å². The molecule has 0 bridgehead atoms. The van der Waals surface area contributed by atoms with Gasteiger partial charge in [0.15, 0.2) is 8.32 Å². The third-order valence-corrected chi connectivity index (χ3v) is 7.88. The summed E-state index contributed by atoms with van der Waals surface area (Å²) in [5, 5.41) is 9.85. The first-order valence-corrected chi connectivity index (χ1v) is 8.93. The summed E-state index contributed by atoms with van der Waals surface area (Å²) in [5.74, 6) is 0. The second-order valence-corrected chi connectivity index (χ2v) is 10.6. The summed E-state index contributed by atoms with van der Waals surface area (Å²) in [6, 6.07) is 0. The molecule has 0 saturated carbocycles. The van der Waals surface area contributed by atoms with Crippen molar-refractivity contribution in [2.75, 3.05) is 6.61 Å². The Balaban J connectivity index is 3.85. The second kappa shape index (κ2) is 6.02. The van der Waals surface area contributed by atoms with Crippen LogP contribution in [-0.4, -0.2) is 26.1 Å². The summed E-state index contributed by atoms with van der Waals surface area (Å²) >= 11 is 0. The predicted octanol–water partition coefficient (Wildman–Crippen LogP) is 3.56. The molecule has 0 spiro atoms. The van der Waals surface area contributed by atoms with Crippen LogP contribution in [0.4, 0.5) is 0 Å². The van der Waals surface area contributed by atoms with E-state index in [2.05, 4.69) is 40.8 Å². The fourth-order valence-electron chi connectivity index (χ4n) is 1.14. The quantitative estimate of drug-likeness (QED) is 0.710. The topological polar surface area (TPSA) is 29.5 Å². The molecule has 0 radical (unpaired) electrons. The van der Waals surface area contributed by atoms with Crippen molar-refractivity contribution in [2.45, 2.75) is 71.2 Å². The molecule has 0 amide bonds. The van der Waals surface area contributed by atoms with Gasteiger partial charge in [0.2, 0.25) is 0 Å². The lowest BCUT2D eigenvalue weighted by Crippen LogP contribution is -2.41. The molecular formula is C12H28O2Si. The first-order chi connectivity index (χ1) is 6.70. The maximum Gasteiger partial charge on any atom is 0.191 e. The van der Waals surface area contributed by atoms with Crippen molar-refractivity contribution in [1.29, 1.82) is 0 Å². The van der Waals surface area contributed by atoms with Crippen LogP contribution in [0.1, 0.15) is 47.0 Å². The molecule has 3 heteroatoms. The van der Waals surface area contributed by atoms with Gasteiger partial charge in [-0.25, -0.2) is 0 Å². The predicted molar refractivity (Wildman–Crippen MR) is 68.7 cm³/mol. The van der Waals surface area contributed by atoms with E-state index in [9.17, 15) is 5.11 Å². The molecular weight excluding hydrogens is 204 g/mol. The standard InChI is InChI=1S/C12H28O2Si/c1-7-8-11(13)9-10-14-15(5,6)12(2,3)4/h11,13H,7-10H2,1-6H3/t11-/m0/s1. The van der Waals surface area contributed by atoms with Gasteiger partial charge in [0, 0.05) is 6.61 Å². The van der Waals surface area contributed by atoms with Gasteiger partial charge in [0.05, 0.1) is 6.10 Å². The molecule has 2 nitrogen and oxygen atoms in total. The van der Waals surface area contributed by atoms with Crippen LogP contribution in [0.5, 0.6) is 0 Å². The average molecular weight is 232 g/mol. The molecule has 0 heterocycles. The van der Waals surface area contributed by atoms with E-state index in [0.29, 0.717) is 6.61 Å². The highest BCUT2D eigenvalue weighted by Crippen LogP contribution is 2.36. The third kappa shape index (κ3) is 5.69. The molecule has 92 valence electrons. The van der Waals surface area contributed by atoms with Crippen LogP contribution in [0.2, 0.25) is 18.1 Å². The lowest BCUT2D eigenvalue weighted by Gasteiger charge is -2.36. The van der Waals surface area contributed by atoms with Crippen LogP contribution in [0.3, 0.4) is 0 Å². The fraction of sp³-hybridized carbons (Fsp3) is 1.00. The van der Waals surface area contributed by atoms with Gasteiger partial charge in [-0.3, -0.25) is 0 Å². The van der Waals surface area contributed by atoms with E-state index >= 15 is 0 Å². The number of aliphatic hydroxyl groups excluding tert-OH is 1. The largest absolute Gasteiger partial charge is 0.417 e. The van der Waals surface area contributed by atoms with E-state index in [0.717, 1.165) is 19.3 Å². The Labute approximate surface area is 96.2 Å². The van der Waals surface area contributed by atoms with Gasteiger partial charge in [0.25, 0.3) is 0 Å². The first-order valence-electron chi connectivity index (χ1n) is 6.02. The molecule has 0 unspecified atom stereocenters. The summed E-state index contributed by atoms with van der Waals surface area (Å²) in [6.45, 7) is 14.0. The second-order valence-electron chi connectivity index (χ2n) is 5.84. The Hall–Kier alpha value is 0.137.